The Morgan fingerprint density at radius 1 is 1.18 bits per heavy atom. The molecule has 1 nitrogen and oxygen atoms in total. The number of hydrogen-bond acceptors (Lipinski definition) is 1. The van der Waals surface area contributed by atoms with Gasteiger partial charge in [-0.05, 0) is 18.7 Å². The molecule has 0 N–H and O–H groups in total. The van der Waals surface area contributed by atoms with Crippen molar-refractivity contribution < 1.29 is 4.43 Å². The van der Waals surface area contributed by atoms with Crippen molar-refractivity contribution in [2.75, 3.05) is 6.61 Å². The van der Waals surface area contributed by atoms with Crippen molar-refractivity contribution in [1.82, 2.24) is 0 Å². The minimum absolute atomic E-state index is 0.657. The third-order valence-electron chi connectivity index (χ3n) is 2.38. The van der Waals surface area contributed by atoms with Gasteiger partial charge in [-0.15, -0.1) is 6.58 Å². The van der Waals surface area contributed by atoms with E-state index in [0.717, 1.165) is 0 Å². The first-order valence-electron chi connectivity index (χ1n) is 5.80. The largest absolute Gasteiger partial charge is 0.410 e. The van der Waals surface area contributed by atoms with Gasteiger partial charge in [-0.3, -0.25) is 0 Å². The maximum Gasteiger partial charge on any atom is 0.210 e. The summed E-state index contributed by atoms with van der Waals surface area (Å²) in [6.45, 7) is 8.71. The fourth-order valence-electron chi connectivity index (χ4n) is 1.19. The fourth-order valence-corrected chi connectivity index (χ4v) is 1.83. The van der Waals surface area contributed by atoms with Crippen LogP contribution in [0.5, 0.6) is 0 Å². The molecule has 0 aromatic heterocycles. The molecule has 0 aliphatic heterocycles. The molecule has 0 heterocycles. The summed E-state index contributed by atoms with van der Waals surface area (Å²) in [5, 5.41) is 0. The average Bonchev–Trinajstić information content (AvgIpc) is 2.35. The van der Waals surface area contributed by atoms with E-state index in [1.54, 1.807) is 0 Å². The molecule has 0 bridgehead atoms. The summed E-state index contributed by atoms with van der Waals surface area (Å²) in [5.74, 6) is 0. The summed E-state index contributed by atoms with van der Waals surface area (Å²) < 4.78 is 5.73. The maximum absolute atomic E-state index is 5.73. The lowest BCUT2D eigenvalue weighted by Crippen LogP contribution is -2.27. The van der Waals surface area contributed by atoms with Crippen molar-refractivity contribution in [3.05, 3.63) is 66.4 Å². The van der Waals surface area contributed by atoms with Crippen molar-refractivity contribution in [2.45, 2.75) is 13.1 Å². The van der Waals surface area contributed by atoms with Crippen LogP contribution in [-0.4, -0.2) is 14.9 Å². The van der Waals surface area contributed by atoms with Crippen molar-refractivity contribution >= 4 is 14.4 Å². The van der Waals surface area contributed by atoms with E-state index in [-0.39, 0.29) is 0 Å². The first-order valence-corrected chi connectivity index (χ1v) is 8.78. The Morgan fingerprint density at radius 3 is 2.53 bits per heavy atom. The summed E-state index contributed by atoms with van der Waals surface area (Å²) in [6.07, 6.45) is 8.14. The second kappa shape index (κ2) is 7.04. The standard InChI is InChI=1S/C15H20OSi/c1-4-17(2,3)16-14-10-6-9-13-15-11-7-5-8-12-15/h4-13H,1,14H2,2-3H3/b10-6+,13-9+. The molecule has 0 spiro atoms. The molecule has 0 unspecified atom stereocenters. The minimum Gasteiger partial charge on any atom is -0.410 e. The topological polar surface area (TPSA) is 9.23 Å². The first-order chi connectivity index (χ1) is 8.14. The zero-order valence-electron chi connectivity index (χ0n) is 10.6. The lowest BCUT2D eigenvalue weighted by molar-refractivity contribution is 0.361. The fraction of sp³-hybridized carbons (Fsp3) is 0.200. The third kappa shape index (κ3) is 6.05. The van der Waals surface area contributed by atoms with E-state index in [0.29, 0.717) is 6.61 Å². The second-order valence-corrected chi connectivity index (χ2v) is 8.22. The van der Waals surface area contributed by atoms with Crippen molar-refractivity contribution in [3.63, 3.8) is 0 Å². The van der Waals surface area contributed by atoms with Gasteiger partial charge < -0.3 is 4.43 Å². The highest BCUT2D eigenvalue weighted by Crippen LogP contribution is 2.04. The molecule has 0 saturated carbocycles. The van der Waals surface area contributed by atoms with Crippen molar-refractivity contribution in [3.8, 4) is 0 Å². The molecule has 1 rings (SSSR count). The molecule has 0 aliphatic rings. The van der Waals surface area contributed by atoms with Gasteiger partial charge in [0.1, 0.15) is 0 Å². The summed E-state index contributed by atoms with van der Waals surface area (Å²) in [4.78, 5) is 0. The highest BCUT2D eigenvalue weighted by molar-refractivity contribution is 6.76. The number of allylic oxidation sites excluding steroid dienone is 2. The van der Waals surface area contributed by atoms with E-state index >= 15 is 0 Å². The zero-order valence-corrected chi connectivity index (χ0v) is 11.6. The summed E-state index contributed by atoms with van der Waals surface area (Å²) in [6, 6.07) is 10.2. The van der Waals surface area contributed by atoms with Crippen LogP contribution < -0.4 is 0 Å². The molecule has 0 radical (unpaired) electrons. The van der Waals surface area contributed by atoms with Gasteiger partial charge in [-0.2, -0.15) is 0 Å². The SMILES string of the molecule is C=C[Si](C)(C)OC/C=C/C=C/c1ccccc1. The van der Waals surface area contributed by atoms with Crippen molar-refractivity contribution in [1.29, 1.82) is 0 Å². The molecule has 0 fully saturated rings. The summed E-state index contributed by atoms with van der Waals surface area (Å²) >= 11 is 0. The van der Waals surface area contributed by atoms with Crippen LogP contribution in [0.3, 0.4) is 0 Å². The lowest BCUT2D eigenvalue weighted by atomic mass is 10.2. The molecule has 2 heteroatoms. The Labute approximate surface area is 105 Å². The molecule has 17 heavy (non-hydrogen) atoms. The van der Waals surface area contributed by atoms with E-state index in [9.17, 15) is 0 Å². The van der Waals surface area contributed by atoms with Crippen LogP contribution in [0.2, 0.25) is 13.1 Å². The Balaban J connectivity index is 2.32. The summed E-state index contributed by atoms with van der Waals surface area (Å²) in [5.41, 5.74) is 3.15. The van der Waals surface area contributed by atoms with Crippen LogP contribution in [-0.2, 0) is 4.43 Å². The average molecular weight is 244 g/mol. The normalized spacial score (nSPS) is 12.4. The Kier molecular flexibility index (Phi) is 5.67. The molecule has 1 aromatic rings. The van der Waals surface area contributed by atoms with Gasteiger partial charge in [0.05, 0.1) is 6.61 Å². The number of rotatable bonds is 6. The van der Waals surface area contributed by atoms with Crippen molar-refractivity contribution in [2.24, 2.45) is 0 Å². The molecule has 0 amide bonds. The molecule has 1 aromatic carbocycles. The Bertz CT molecular complexity index is 391. The number of benzene rings is 1. The van der Waals surface area contributed by atoms with Gasteiger partial charge in [0.25, 0.3) is 0 Å². The summed E-state index contributed by atoms with van der Waals surface area (Å²) in [7, 11) is -1.61. The van der Waals surface area contributed by atoms with Crippen LogP contribution in [0.4, 0.5) is 0 Å². The van der Waals surface area contributed by atoms with Crippen LogP contribution in [0.1, 0.15) is 5.56 Å². The van der Waals surface area contributed by atoms with E-state index in [2.05, 4.69) is 37.9 Å². The molecular formula is C15H20OSi. The Hall–Kier alpha value is -1.38. The van der Waals surface area contributed by atoms with Gasteiger partial charge in [-0.1, -0.05) is 60.3 Å². The molecule has 90 valence electrons. The highest BCUT2D eigenvalue weighted by atomic mass is 28.4. The quantitative estimate of drug-likeness (QED) is 0.538. The molecule has 0 aliphatic carbocycles. The smallest absolute Gasteiger partial charge is 0.210 e. The zero-order chi connectivity index (χ0) is 12.6. The van der Waals surface area contributed by atoms with Crippen LogP contribution in [0, 0.1) is 0 Å². The second-order valence-electron chi connectivity index (χ2n) is 4.32. The predicted molar refractivity (Wildman–Crippen MR) is 78.2 cm³/mol. The minimum atomic E-state index is -1.61. The van der Waals surface area contributed by atoms with E-state index in [1.165, 1.54) is 5.56 Å². The van der Waals surface area contributed by atoms with Gasteiger partial charge in [-0.25, -0.2) is 0 Å². The number of hydrogen-bond donors (Lipinski definition) is 0. The molecule has 0 saturated heterocycles. The first kappa shape index (κ1) is 13.7. The van der Waals surface area contributed by atoms with Gasteiger partial charge in [0.2, 0.25) is 8.32 Å². The molecule has 0 atom stereocenters. The van der Waals surface area contributed by atoms with Crippen LogP contribution >= 0.6 is 0 Å². The Morgan fingerprint density at radius 2 is 1.88 bits per heavy atom. The maximum atomic E-state index is 5.73. The monoisotopic (exact) mass is 244 g/mol. The van der Waals surface area contributed by atoms with Gasteiger partial charge in [0.15, 0.2) is 0 Å². The highest BCUT2D eigenvalue weighted by Gasteiger charge is 2.15. The van der Waals surface area contributed by atoms with E-state index in [1.807, 2.05) is 42.1 Å². The van der Waals surface area contributed by atoms with Crippen LogP contribution in [0.25, 0.3) is 6.08 Å². The third-order valence-corrected chi connectivity index (χ3v) is 4.27. The van der Waals surface area contributed by atoms with E-state index < -0.39 is 8.32 Å². The van der Waals surface area contributed by atoms with Crippen LogP contribution in [0.15, 0.2) is 60.8 Å². The van der Waals surface area contributed by atoms with Gasteiger partial charge >= 0.3 is 0 Å². The van der Waals surface area contributed by atoms with E-state index in [4.69, 9.17) is 4.43 Å². The predicted octanol–water partition coefficient (Wildman–Crippen LogP) is 4.20. The molecular weight excluding hydrogens is 224 g/mol. The lowest BCUT2D eigenvalue weighted by Gasteiger charge is -2.16. The van der Waals surface area contributed by atoms with Gasteiger partial charge in [0, 0.05) is 0 Å².